The van der Waals surface area contributed by atoms with Crippen molar-refractivity contribution in [3.8, 4) is 6.07 Å². The molecule has 0 aliphatic carbocycles. The molecule has 0 radical (unpaired) electrons. The van der Waals surface area contributed by atoms with E-state index in [-0.39, 0.29) is 12.6 Å². The van der Waals surface area contributed by atoms with Crippen molar-refractivity contribution in [1.82, 2.24) is 0 Å². The number of hydrogen-bond acceptors (Lipinski definition) is 4. The van der Waals surface area contributed by atoms with Crippen LogP contribution in [0.5, 0.6) is 0 Å². The summed E-state index contributed by atoms with van der Waals surface area (Å²) in [7, 11) is 0. The van der Waals surface area contributed by atoms with Crippen LogP contribution >= 0.6 is 0 Å². The number of nitrogens with one attached hydrogen (secondary N) is 1. The van der Waals surface area contributed by atoms with Crippen LogP contribution in [-0.4, -0.2) is 30.3 Å². The summed E-state index contributed by atoms with van der Waals surface area (Å²) in [6.07, 6.45) is 0. The van der Waals surface area contributed by atoms with E-state index in [1.807, 2.05) is 13.0 Å². The van der Waals surface area contributed by atoms with E-state index in [1.165, 1.54) is 0 Å². The normalized spacial score (nSPS) is 22.4. The first-order valence-electron chi connectivity index (χ1n) is 5.69. The van der Waals surface area contributed by atoms with Gasteiger partial charge in [0.25, 0.3) is 0 Å². The number of carboxylic acids is 1. The number of nitriles is 1. The maximum absolute atomic E-state index is 11.0. The number of benzene rings is 1. The molecule has 18 heavy (non-hydrogen) atoms. The highest BCUT2D eigenvalue weighted by atomic mass is 16.5. The second-order valence-corrected chi connectivity index (χ2v) is 4.37. The van der Waals surface area contributed by atoms with Gasteiger partial charge in [-0.3, -0.25) is 4.79 Å². The van der Waals surface area contributed by atoms with Gasteiger partial charge in [-0.2, -0.15) is 5.26 Å². The summed E-state index contributed by atoms with van der Waals surface area (Å²) >= 11 is 0. The zero-order valence-corrected chi connectivity index (χ0v) is 10.0. The number of aliphatic carboxylic acids is 1. The van der Waals surface area contributed by atoms with Gasteiger partial charge in [0.15, 0.2) is 0 Å². The molecule has 0 spiro atoms. The summed E-state index contributed by atoms with van der Waals surface area (Å²) in [5, 5.41) is 21.0. The molecule has 0 amide bonds. The van der Waals surface area contributed by atoms with Crippen molar-refractivity contribution in [2.45, 2.75) is 13.0 Å². The van der Waals surface area contributed by atoms with E-state index in [9.17, 15) is 4.79 Å². The van der Waals surface area contributed by atoms with Crippen molar-refractivity contribution in [2.75, 3.05) is 18.5 Å². The topological polar surface area (TPSA) is 82.3 Å². The smallest absolute Gasteiger partial charge is 0.311 e. The highest BCUT2D eigenvalue weighted by Crippen LogP contribution is 2.21. The molecule has 2 N–H and O–H groups in total. The Kier molecular flexibility index (Phi) is 3.49. The fourth-order valence-electron chi connectivity index (χ4n) is 2.03. The highest BCUT2D eigenvalue weighted by Gasteiger charge is 2.33. The SMILES string of the molecule is Cc1cc(NC2COCC2C(=O)O)ccc1C#N. The Morgan fingerprint density at radius 3 is 2.94 bits per heavy atom. The van der Waals surface area contributed by atoms with Gasteiger partial charge in [-0.05, 0) is 30.7 Å². The number of rotatable bonds is 3. The maximum Gasteiger partial charge on any atom is 0.311 e. The van der Waals surface area contributed by atoms with Crippen LogP contribution in [0.2, 0.25) is 0 Å². The summed E-state index contributed by atoms with van der Waals surface area (Å²) in [4.78, 5) is 11.0. The molecular formula is C13H14N2O3. The Morgan fingerprint density at radius 1 is 1.56 bits per heavy atom. The number of carboxylic acid groups (broad SMARTS) is 1. The molecule has 2 unspecified atom stereocenters. The summed E-state index contributed by atoms with van der Waals surface area (Å²) in [6.45, 7) is 2.47. The van der Waals surface area contributed by atoms with Gasteiger partial charge in [0.1, 0.15) is 5.92 Å². The average Bonchev–Trinajstić information content (AvgIpc) is 2.77. The summed E-state index contributed by atoms with van der Waals surface area (Å²) in [5.74, 6) is -1.38. The second-order valence-electron chi connectivity index (χ2n) is 4.37. The standard InChI is InChI=1S/C13H14N2O3/c1-8-4-10(3-2-9(8)5-14)15-12-7-18-6-11(12)13(16)17/h2-4,11-12,15H,6-7H2,1H3,(H,16,17). The summed E-state index contributed by atoms with van der Waals surface area (Å²) < 4.78 is 5.18. The van der Waals surface area contributed by atoms with Gasteiger partial charge in [0.2, 0.25) is 0 Å². The molecule has 2 atom stereocenters. The van der Waals surface area contributed by atoms with Crippen LogP contribution < -0.4 is 5.32 Å². The van der Waals surface area contributed by atoms with E-state index >= 15 is 0 Å². The second kappa shape index (κ2) is 5.07. The van der Waals surface area contributed by atoms with Crippen molar-refractivity contribution in [3.05, 3.63) is 29.3 Å². The zero-order valence-electron chi connectivity index (χ0n) is 10.0. The Bertz CT molecular complexity index is 507. The first kappa shape index (κ1) is 12.4. The summed E-state index contributed by atoms with van der Waals surface area (Å²) in [5.41, 5.74) is 2.31. The molecule has 94 valence electrons. The minimum Gasteiger partial charge on any atom is -0.481 e. The maximum atomic E-state index is 11.0. The van der Waals surface area contributed by atoms with Crippen LogP contribution in [0.1, 0.15) is 11.1 Å². The third-order valence-corrected chi connectivity index (χ3v) is 3.10. The molecular weight excluding hydrogens is 232 g/mol. The number of ether oxygens (including phenoxy) is 1. The molecule has 1 aromatic rings. The third-order valence-electron chi connectivity index (χ3n) is 3.10. The predicted octanol–water partition coefficient (Wildman–Crippen LogP) is 1.38. The third kappa shape index (κ3) is 2.44. The molecule has 1 saturated heterocycles. The Balaban J connectivity index is 2.12. The molecule has 2 rings (SSSR count). The largest absolute Gasteiger partial charge is 0.481 e. The van der Waals surface area contributed by atoms with Crippen molar-refractivity contribution < 1.29 is 14.6 Å². The lowest BCUT2D eigenvalue weighted by Gasteiger charge is -2.17. The molecule has 1 aromatic carbocycles. The highest BCUT2D eigenvalue weighted by molar-refractivity contribution is 5.72. The Morgan fingerprint density at radius 2 is 2.33 bits per heavy atom. The van der Waals surface area contributed by atoms with Crippen LogP contribution in [-0.2, 0) is 9.53 Å². The van der Waals surface area contributed by atoms with Crippen LogP contribution in [0.4, 0.5) is 5.69 Å². The van der Waals surface area contributed by atoms with Crippen LogP contribution in [0, 0.1) is 24.2 Å². The number of nitrogens with zero attached hydrogens (tertiary/aromatic N) is 1. The number of hydrogen-bond donors (Lipinski definition) is 2. The molecule has 1 heterocycles. The lowest BCUT2D eigenvalue weighted by atomic mass is 10.0. The molecule has 1 fully saturated rings. The fraction of sp³-hybridized carbons (Fsp3) is 0.385. The fourth-order valence-corrected chi connectivity index (χ4v) is 2.03. The van der Waals surface area contributed by atoms with Gasteiger partial charge < -0.3 is 15.2 Å². The predicted molar refractivity (Wildman–Crippen MR) is 65.2 cm³/mol. The van der Waals surface area contributed by atoms with Gasteiger partial charge in [-0.25, -0.2) is 0 Å². The summed E-state index contributed by atoms with van der Waals surface area (Å²) in [6, 6.07) is 7.22. The minimum atomic E-state index is -0.852. The Labute approximate surface area is 105 Å². The van der Waals surface area contributed by atoms with Gasteiger partial charge in [-0.1, -0.05) is 0 Å². The van der Waals surface area contributed by atoms with Crippen molar-refractivity contribution >= 4 is 11.7 Å². The zero-order chi connectivity index (χ0) is 13.1. The van der Waals surface area contributed by atoms with Crippen molar-refractivity contribution in [3.63, 3.8) is 0 Å². The monoisotopic (exact) mass is 246 g/mol. The molecule has 0 bridgehead atoms. The van der Waals surface area contributed by atoms with E-state index in [1.54, 1.807) is 12.1 Å². The van der Waals surface area contributed by atoms with Crippen LogP contribution in [0.25, 0.3) is 0 Å². The Hall–Kier alpha value is -2.06. The lowest BCUT2D eigenvalue weighted by Crippen LogP contribution is -2.33. The molecule has 1 aliphatic rings. The average molecular weight is 246 g/mol. The molecule has 1 aliphatic heterocycles. The van der Waals surface area contributed by atoms with Crippen molar-refractivity contribution in [1.29, 1.82) is 5.26 Å². The number of carbonyl (C=O) groups is 1. The molecule has 5 nitrogen and oxygen atoms in total. The first-order valence-corrected chi connectivity index (χ1v) is 5.69. The van der Waals surface area contributed by atoms with Crippen LogP contribution in [0.3, 0.4) is 0 Å². The quantitative estimate of drug-likeness (QED) is 0.841. The van der Waals surface area contributed by atoms with Gasteiger partial charge in [0.05, 0.1) is 30.9 Å². The van der Waals surface area contributed by atoms with E-state index < -0.39 is 11.9 Å². The van der Waals surface area contributed by atoms with Crippen molar-refractivity contribution in [2.24, 2.45) is 5.92 Å². The van der Waals surface area contributed by atoms with E-state index in [2.05, 4.69) is 11.4 Å². The molecule has 5 heteroatoms. The number of aryl methyl sites for hydroxylation is 1. The van der Waals surface area contributed by atoms with Gasteiger partial charge in [0, 0.05) is 5.69 Å². The minimum absolute atomic E-state index is 0.227. The molecule has 0 saturated carbocycles. The van der Waals surface area contributed by atoms with E-state index in [0.717, 1.165) is 11.3 Å². The van der Waals surface area contributed by atoms with Crippen LogP contribution in [0.15, 0.2) is 18.2 Å². The lowest BCUT2D eigenvalue weighted by molar-refractivity contribution is -0.141. The van der Waals surface area contributed by atoms with Gasteiger partial charge >= 0.3 is 5.97 Å². The van der Waals surface area contributed by atoms with E-state index in [4.69, 9.17) is 15.1 Å². The first-order chi connectivity index (χ1) is 8.61. The number of anilines is 1. The van der Waals surface area contributed by atoms with E-state index in [0.29, 0.717) is 12.2 Å². The van der Waals surface area contributed by atoms with Gasteiger partial charge in [-0.15, -0.1) is 0 Å². The molecule has 0 aromatic heterocycles.